The van der Waals surface area contributed by atoms with Crippen LogP contribution < -0.4 is 5.32 Å². The quantitative estimate of drug-likeness (QED) is 0.658. The van der Waals surface area contributed by atoms with Gasteiger partial charge in [-0.05, 0) is 37.1 Å². The molecular formula is C18H17N3. The Morgan fingerprint density at radius 2 is 1.71 bits per heavy atom. The summed E-state index contributed by atoms with van der Waals surface area (Å²) in [5.74, 6) is 0. The van der Waals surface area contributed by atoms with Gasteiger partial charge in [-0.25, -0.2) is 0 Å². The summed E-state index contributed by atoms with van der Waals surface area (Å²) in [7, 11) is 0. The Hall–Kier alpha value is -2.86. The number of hydrogen-bond acceptors (Lipinski definition) is 3. The Bertz CT molecular complexity index is 721. The van der Waals surface area contributed by atoms with Crippen molar-refractivity contribution in [2.45, 2.75) is 13.8 Å². The number of aryl methyl sites for hydroxylation is 2. The monoisotopic (exact) mass is 275 g/mol. The summed E-state index contributed by atoms with van der Waals surface area (Å²) < 4.78 is 0. The van der Waals surface area contributed by atoms with Crippen molar-refractivity contribution < 1.29 is 0 Å². The van der Waals surface area contributed by atoms with E-state index < -0.39 is 0 Å². The highest BCUT2D eigenvalue weighted by atomic mass is 14.8. The second-order valence-electron chi connectivity index (χ2n) is 4.72. The minimum Gasteiger partial charge on any atom is -0.360 e. The van der Waals surface area contributed by atoms with Gasteiger partial charge in [-0.1, -0.05) is 36.4 Å². The topological polar surface area (TPSA) is 48.2 Å². The summed E-state index contributed by atoms with van der Waals surface area (Å²) in [6.45, 7) is 4.01. The van der Waals surface area contributed by atoms with Gasteiger partial charge in [0.2, 0.25) is 0 Å². The van der Waals surface area contributed by atoms with E-state index in [0.29, 0.717) is 5.57 Å². The van der Waals surface area contributed by atoms with E-state index in [0.717, 1.165) is 22.5 Å². The normalized spacial score (nSPS) is 11.4. The van der Waals surface area contributed by atoms with Gasteiger partial charge >= 0.3 is 0 Å². The number of hydrogen-bond donors (Lipinski definition) is 1. The second-order valence-corrected chi connectivity index (χ2v) is 4.72. The Morgan fingerprint density at radius 3 is 2.38 bits per heavy atom. The van der Waals surface area contributed by atoms with Gasteiger partial charge in [0.05, 0.1) is 11.3 Å². The second kappa shape index (κ2) is 7.06. The van der Waals surface area contributed by atoms with Crippen LogP contribution in [0.15, 0.2) is 65.3 Å². The van der Waals surface area contributed by atoms with E-state index >= 15 is 0 Å². The van der Waals surface area contributed by atoms with E-state index in [-0.39, 0.29) is 0 Å². The summed E-state index contributed by atoms with van der Waals surface area (Å²) in [4.78, 5) is 4.36. The Balaban J connectivity index is 2.14. The molecule has 0 radical (unpaired) electrons. The summed E-state index contributed by atoms with van der Waals surface area (Å²) in [6.07, 6.45) is 3.25. The lowest BCUT2D eigenvalue weighted by Gasteiger charge is -2.04. The Kier molecular flexibility index (Phi) is 4.89. The zero-order valence-corrected chi connectivity index (χ0v) is 12.2. The van der Waals surface area contributed by atoms with Gasteiger partial charge in [0.15, 0.2) is 0 Å². The third-order valence-electron chi connectivity index (χ3n) is 3.12. The molecule has 2 aromatic rings. The van der Waals surface area contributed by atoms with E-state index in [1.807, 2.05) is 62.4 Å². The van der Waals surface area contributed by atoms with Crippen LogP contribution in [0.2, 0.25) is 0 Å². The van der Waals surface area contributed by atoms with E-state index in [1.165, 1.54) is 0 Å². The van der Waals surface area contributed by atoms with Crippen LogP contribution in [0.5, 0.6) is 0 Å². The fraction of sp³-hybridized carbons (Fsp3) is 0.111. The lowest BCUT2D eigenvalue weighted by atomic mass is 10.2. The number of nitriles is 1. The maximum Gasteiger partial charge on any atom is 0.102 e. The number of rotatable bonds is 4. The van der Waals surface area contributed by atoms with Gasteiger partial charge < -0.3 is 5.32 Å². The summed E-state index contributed by atoms with van der Waals surface area (Å²) in [6, 6.07) is 17.9. The summed E-state index contributed by atoms with van der Waals surface area (Å²) in [5, 5.41) is 12.3. The third-order valence-corrected chi connectivity index (χ3v) is 3.12. The molecule has 0 atom stereocenters. The van der Waals surface area contributed by atoms with Gasteiger partial charge in [-0.2, -0.15) is 5.26 Å². The number of aliphatic imine (C=N–C) groups is 1. The first-order chi connectivity index (χ1) is 10.2. The van der Waals surface area contributed by atoms with Crippen molar-refractivity contribution in [1.82, 2.24) is 0 Å². The molecule has 1 N–H and O–H groups in total. The van der Waals surface area contributed by atoms with Gasteiger partial charge in [-0.3, -0.25) is 4.99 Å². The third kappa shape index (κ3) is 4.05. The molecule has 2 rings (SSSR count). The first kappa shape index (κ1) is 14.5. The lowest BCUT2D eigenvalue weighted by Crippen LogP contribution is -1.93. The zero-order chi connectivity index (χ0) is 15.1. The molecule has 3 nitrogen and oxygen atoms in total. The van der Waals surface area contributed by atoms with Crippen molar-refractivity contribution in [2.24, 2.45) is 4.99 Å². The molecule has 0 saturated carbocycles. The van der Waals surface area contributed by atoms with Crippen LogP contribution in [0.3, 0.4) is 0 Å². The van der Waals surface area contributed by atoms with Gasteiger partial charge in [-0.15, -0.1) is 0 Å². The zero-order valence-electron chi connectivity index (χ0n) is 12.2. The highest BCUT2D eigenvalue weighted by molar-refractivity contribution is 5.86. The number of nitrogens with one attached hydrogen (secondary N) is 1. The van der Waals surface area contributed by atoms with Gasteiger partial charge in [0.25, 0.3) is 0 Å². The van der Waals surface area contributed by atoms with Crippen LogP contribution in [-0.2, 0) is 0 Å². The van der Waals surface area contributed by atoms with E-state index in [4.69, 9.17) is 0 Å². The molecule has 0 spiro atoms. The molecule has 0 aliphatic heterocycles. The van der Waals surface area contributed by atoms with Crippen LogP contribution in [0.25, 0.3) is 0 Å². The largest absolute Gasteiger partial charge is 0.360 e. The van der Waals surface area contributed by atoms with E-state index in [1.54, 1.807) is 12.4 Å². The maximum atomic E-state index is 9.17. The predicted octanol–water partition coefficient (Wildman–Crippen LogP) is 4.53. The molecule has 0 saturated heterocycles. The van der Waals surface area contributed by atoms with Crippen molar-refractivity contribution in [3.63, 3.8) is 0 Å². The molecular weight excluding hydrogens is 258 g/mol. The number of para-hydroxylation sites is 2. The average molecular weight is 275 g/mol. The minimum atomic E-state index is 0.474. The van der Waals surface area contributed by atoms with Crippen LogP contribution >= 0.6 is 0 Å². The highest BCUT2D eigenvalue weighted by Gasteiger charge is 1.96. The van der Waals surface area contributed by atoms with Gasteiger partial charge in [0.1, 0.15) is 6.07 Å². The Morgan fingerprint density at radius 1 is 1.05 bits per heavy atom. The number of anilines is 1. The van der Waals surface area contributed by atoms with Crippen molar-refractivity contribution in [3.05, 3.63) is 71.4 Å². The molecule has 3 heteroatoms. The first-order valence-corrected chi connectivity index (χ1v) is 6.73. The molecule has 0 bridgehead atoms. The molecule has 0 aliphatic rings. The predicted molar refractivity (Wildman–Crippen MR) is 87.8 cm³/mol. The SMILES string of the molecule is Cc1ccccc1N=C/C(C#N)=C/Nc1ccccc1C. The molecule has 0 amide bonds. The van der Waals surface area contributed by atoms with Crippen LogP contribution in [0, 0.1) is 25.2 Å². The Labute approximate surface area is 125 Å². The molecule has 2 aromatic carbocycles. The smallest absolute Gasteiger partial charge is 0.102 e. The maximum absolute atomic E-state index is 9.17. The van der Waals surface area contributed by atoms with Gasteiger partial charge in [0, 0.05) is 18.1 Å². The molecule has 0 fully saturated rings. The highest BCUT2D eigenvalue weighted by Crippen LogP contribution is 2.17. The molecule has 0 heterocycles. The fourth-order valence-electron chi connectivity index (χ4n) is 1.84. The number of nitrogens with zero attached hydrogens (tertiary/aromatic N) is 2. The van der Waals surface area contributed by atoms with Crippen molar-refractivity contribution in [3.8, 4) is 6.07 Å². The lowest BCUT2D eigenvalue weighted by molar-refractivity contribution is 1.40. The van der Waals surface area contributed by atoms with Crippen LogP contribution in [0.1, 0.15) is 11.1 Å². The molecule has 104 valence electrons. The van der Waals surface area contributed by atoms with Crippen molar-refractivity contribution >= 4 is 17.6 Å². The first-order valence-electron chi connectivity index (χ1n) is 6.73. The minimum absolute atomic E-state index is 0.474. The van der Waals surface area contributed by atoms with Crippen LogP contribution in [0.4, 0.5) is 11.4 Å². The van der Waals surface area contributed by atoms with Crippen LogP contribution in [-0.4, -0.2) is 6.21 Å². The van der Waals surface area contributed by atoms with E-state index in [9.17, 15) is 5.26 Å². The number of allylic oxidation sites excluding steroid dienone is 1. The average Bonchev–Trinajstić information content (AvgIpc) is 2.50. The molecule has 0 aromatic heterocycles. The standard InChI is InChI=1S/C18H17N3/c1-14-7-3-5-9-17(14)20-12-16(11-19)13-21-18-10-6-4-8-15(18)2/h3-10,12-13,20H,1-2H3/b16-12+,21-13?. The van der Waals surface area contributed by atoms with E-state index in [2.05, 4.69) is 16.4 Å². The molecule has 0 unspecified atom stereocenters. The fourth-order valence-corrected chi connectivity index (χ4v) is 1.84. The van der Waals surface area contributed by atoms with Crippen molar-refractivity contribution in [1.29, 1.82) is 5.26 Å². The summed E-state index contributed by atoms with van der Waals surface area (Å²) >= 11 is 0. The number of benzene rings is 2. The van der Waals surface area contributed by atoms with Crippen molar-refractivity contribution in [2.75, 3.05) is 5.32 Å². The summed E-state index contributed by atoms with van der Waals surface area (Å²) in [5.41, 5.74) is 4.53. The molecule has 21 heavy (non-hydrogen) atoms. The molecule has 0 aliphatic carbocycles.